The van der Waals surface area contributed by atoms with Gasteiger partial charge >= 0.3 is 0 Å². The highest BCUT2D eigenvalue weighted by atomic mass is 16.5. The van der Waals surface area contributed by atoms with Gasteiger partial charge < -0.3 is 13.9 Å². The van der Waals surface area contributed by atoms with E-state index in [0.717, 1.165) is 64.0 Å². The van der Waals surface area contributed by atoms with Crippen molar-refractivity contribution in [3.63, 3.8) is 0 Å². The summed E-state index contributed by atoms with van der Waals surface area (Å²) in [6.07, 6.45) is 15.0. The molecule has 4 rings (SSSR count). The summed E-state index contributed by atoms with van der Waals surface area (Å²) >= 11 is 0. The van der Waals surface area contributed by atoms with Crippen molar-refractivity contribution in [1.29, 1.82) is 0 Å². The number of benzene rings is 3. The molecule has 0 bridgehead atoms. The minimum Gasteiger partial charge on any atom is -0.493 e. The predicted octanol–water partition coefficient (Wildman–Crippen LogP) is 10.5. The minimum absolute atomic E-state index is 0.703. The molecule has 3 aromatic carbocycles. The van der Waals surface area contributed by atoms with Crippen LogP contribution < -0.4 is 9.47 Å². The van der Waals surface area contributed by atoms with E-state index < -0.39 is 0 Å². The Hall–Kier alpha value is -3.38. The average molecular weight is 525 g/mol. The SMILES string of the molecule is CCCCCCCCOc1ccc(C#Cc2ccc3oc4ccccc4c3c2)c(OCCCCCCCC)c1. The molecule has 0 saturated heterocycles. The number of hydrogen-bond donors (Lipinski definition) is 0. The summed E-state index contributed by atoms with van der Waals surface area (Å²) in [6, 6.07) is 20.4. The predicted molar refractivity (Wildman–Crippen MR) is 164 cm³/mol. The van der Waals surface area contributed by atoms with Gasteiger partial charge in [0.2, 0.25) is 0 Å². The van der Waals surface area contributed by atoms with Crippen molar-refractivity contribution in [3.8, 4) is 23.3 Å². The number of ether oxygens (including phenoxy) is 2. The molecule has 0 amide bonds. The molecule has 0 N–H and O–H groups in total. The number of fused-ring (bicyclic) bond motifs is 3. The van der Waals surface area contributed by atoms with Crippen molar-refractivity contribution in [3.05, 3.63) is 71.8 Å². The van der Waals surface area contributed by atoms with Gasteiger partial charge in [-0.2, -0.15) is 0 Å². The van der Waals surface area contributed by atoms with Gasteiger partial charge in [0.1, 0.15) is 22.7 Å². The first-order valence-electron chi connectivity index (χ1n) is 15.1. The summed E-state index contributed by atoms with van der Waals surface area (Å²) in [7, 11) is 0. The maximum Gasteiger partial charge on any atom is 0.138 e. The van der Waals surface area contributed by atoms with Crippen LogP contribution in [-0.4, -0.2) is 13.2 Å². The number of para-hydroxylation sites is 1. The standard InChI is InChI=1S/C36H44O3/c1-3-5-7-9-11-15-25-37-31-23-22-30(36(28-31)38-26-16-12-10-8-6-4-2)21-19-29-20-24-35-33(27-29)32-17-13-14-18-34(32)39-35/h13-14,17-18,20,22-24,27-28H,3-12,15-16,25-26H2,1-2H3. The number of furan rings is 1. The third-order valence-corrected chi connectivity index (χ3v) is 7.19. The van der Waals surface area contributed by atoms with Crippen LogP contribution in [0.1, 0.15) is 102 Å². The van der Waals surface area contributed by atoms with Gasteiger partial charge in [0, 0.05) is 22.4 Å². The lowest BCUT2D eigenvalue weighted by molar-refractivity contribution is 0.289. The highest BCUT2D eigenvalue weighted by Gasteiger charge is 2.08. The van der Waals surface area contributed by atoms with Gasteiger partial charge in [-0.25, -0.2) is 0 Å². The topological polar surface area (TPSA) is 31.6 Å². The fourth-order valence-corrected chi connectivity index (χ4v) is 4.90. The summed E-state index contributed by atoms with van der Waals surface area (Å²) in [6.45, 7) is 5.95. The zero-order valence-corrected chi connectivity index (χ0v) is 23.9. The van der Waals surface area contributed by atoms with Crippen LogP contribution in [0.15, 0.2) is 65.1 Å². The molecule has 1 heterocycles. The Kier molecular flexibility index (Phi) is 11.7. The fraction of sp³-hybridized carbons (Fsp3) is 0.444. The summed E-state index contributed by atoms with van der Waals surface area (Å²) in [5.74, 6) is 8.39. The normalized spacial score (nSPS) is 11.0. The van der Waals surface area contributed by atoms with Crippen LogP contribution in [0.3, 0.4) is 0 Å². The van der Waals surface area contributed by atoms with Gasteiger partial charge in [0.25, 0.3) is 0 Å². The van der Waals surface area contributed by atoms with E-state index in [1.807, 2.05) is 48.5 Å². The van der Waals surface area contributed by atoms with E-state index >= 15 is 0 Å². The maximum atomic E-state index is 6.26. The lowest BCUT2D eigenvalue weighted by Crippen LogP contribution is -2.01. The molecule has 4 aromatic rings. The van der Waals surface area contributed by atoms with Crippen LogP contribution in [0, 0.1) is 11.8 Å². The van der Waals surface area contributed by atoms with Crippen LogP contribution >= 0.6 is 0 Å². The van der Waals surface area contributed by atoms with Crippen molar-refractivity contribution >= 4 is 21.9 Å². The van der Waals surface area contributed by atoms with Gasteiger partial charge in [-0.1, -0.05) is 108 Å². The monoisotopic (exact) mass is 524 g/mol. The second-order valence-corrected chi connectivity index (χ2v) is 10.4. The van der Waals surface area contributed by atoms with Crippen molar-refractivity contribution in [2.75, 3.05) is 13.2 Å². The van der Waals surface area contributed by atoms with Crippen molar-refractivity contribution in [2.45, 2.75) is 90.9 Å². The Bertz CT molecular complexity index is 1350. The van der Waals surface area contributed by atoms with Gasteiger partial charge in [-0.05, 0) is 49.2 Å². The van der Waals surface area contributed by atoms with Crippen LogP contribution in [0.5, 0.6) is 11.5 Å². The Morgan fingerprint density at radius 1 is 0.590 bits per heavy atom. The first kappa shape index (κ1) is 28.6. The van der Waals surface area contributed by atoms with E-state index in [1.165, 1.54) is 64.2 Å². The average Bonchev–Trinajstić information content (AvgIpc) is 3.34. The molecular formula is C36H44O3. The van der Waals surface area contributed by atoms with Gasteiger partial charge in [-0.3, -0.25) is 0 Å². The van der Waals surface area contributed by atoms with Crippen molar-refractivity contribution in [1.82, 2.24) is 0 Å². The minimum atomic E-state index is 0.703. The Morgan fingerprint density at radius 3 is 2.03 bits per heavy atom. The zero-order chi connectivity index (χ0) is 27.1. The number of hydrogen-bond acceptors (Lipinski definition) is 3. The van der Waals surface area contributed by atoms with Gasteiger partial charge in [-0.15, -0.1) is 0 Å². The quantitative estimate of drug-likeness (QED) is 0.108. The van der Waals surface area contributed by atoms with E-state index in [2.05, 4.69) is 37.8 Å². The molecule has 1 aromatic heterocycles. The van der Waals surface area contributed by atoms with Crippen molar-refractivity contribution < 1.29 is 13.9 Å². The molecule has 206 valence electrons. The highest BCUT2D eigenvalue weighted by Crippen LogP contribution is 2.29. The largest absolute Gasteiger partial charge is 0.493 e. The second-order valence-electron chi connectivity index (χ2n) is 10.4. The molecule has 0 atom stereocenters. The Morgan fingerprint density at radius 2 is 1.26 bits per heavy atom. The third kappa shape index (κ3) is 8.82. The molecule has 3 nitrogen and oxygen atoms in total. The maximum absolute atomic E-state index is 6.26. The molecule has 39 heavy (non-hydrogen) atoms. The number of rotatable bonds is 16. The van der Waals surface area contributed by atoms with E-state index in [0.29, 0.717) is 6.61 Å². The van der Waals surface area contributed by atoms with Crippen LogP contribution in [0.4, 0.5) is 0 Å². The summed E-state index contributed by atoms with van der Waals surface area (Å²) in [5.41, 5.74) is 3.64. The summed E-state index contributed by atoms with van der Waals surface area (Å²) < 4.78 is 18.3. The molecular weight excluding hydrogens is 480 g/mol. The molecule has 0 aliphatic heterocycles. The van der Waals surface area contributed by atoms with Crippen LogP contribution in [-0.2, 0) is 0 Å². The molecule has 0 saturated carbocycles. The number of unbranched alkanes of at least 4 members (excludes halogenated alkanes) is 10. The molecule has 0 aliphatic carbocycles. The molecule has 0 spiro atoms. The summed E-state index contributed by atoms with van der Waals surface area (Å²) in [4.78, 5) is 0. The van der Waals surface area contributed by atoms with E-state index in [9.17, 15) is 0 Å². The molecule has 0 aliphatic rings. The first-order chi connectivity index (χ1) is 19.3. The highest BCUT2D eigenvalue weighted by molar-refractivity contribution is 6.05. The lowest BCUT2D eigenvalue weighted by Gasteiger charge is -2.12. The molecule has 0 fully saturated rings. The molecule has 0 unspecified atom stereocenters. The summed E-state index contributed by atoms with van der Waals surface area (Å²) in [5, 5.41) is 2.21. The molecule has 0 radical (unpaired) electrons. The molecule has 3 heteroatoms. The first-order valence-corrected chi connectivity index (χ1v) is 15.1. The van der Waals surface area contributed by atoms with E-state index in [4.69, 9.17) is 13.9 Å². The smallest absolute Gasteiger partial charge is 0.138 e. The lowest BCUT2D eigenvalue weighted by atomic mass is 10.1. The van der Waals surface area contributed by atoms with E-state index in [1.54, 1.807) is 0 Å². The van der Waals surface area contributed by atoms with Crippen LogP contribution in [0.2, 0.25) is 0 Å². The Labute approximate surface area is 234 Å². The Balaban J connectivity index is 1.43. The van der Waals surface area contributed by atoms with Gasteiger partial charge in [0.15, 0.2) is 0 Å². The fourth-order valence-electron chi connectivity index (χ4n) is 4.90. The third-order valence-electron chi connectivity index (χ3n) is 7.19. The van der Waals surface area contributed by atoms with E-state index in [-0.39, 0.29) is 0 Å². The van der Waals surface area contributed by atoms with Crippen LogP contribution in [0.25, 0.3) is 21.9 Å². The van der Waals surface area contributed by atoms with Crippen molar-refractivity contribution in [2.24, 2.45) is 0 Å². The zero-order valence-electron chi connectivity index (χ0n) is 23.9. The second kappa shape index (κ2) is 15.9. The van der Waals surface area contributed by atoms with Gasteiger partial charge in [0.05, 0.1) is 18.8 Å².